The van der Waals surface area contributed by atoms with Gasteiger partial charge in [-0.2, -0.15) is 0 Å². The van der Waals surface area contributed by atoms with E-state index in [0.717, 1.165) is 23.2 Å². The Kier molecular flexibility index (Phi) is 1.76. The van der Waals surface area contributed by atoms with Crippen LogP contribution in [0.25, 0.3) is 0 Å². The molecule has 3 fully saturated rings. The molecule has 3 saturated carbocycles. The average molecular weight is 178 g/mol. The highest BCUT2D eigenvalue weighted by Crippen LogP contribution is 2.55. The van der Waals surface area contributed by atoms with Gasteiger partial charge in [-0.25, -0.2) is 0 Å². The summed E-state index contributed by atoms with van der Waals surface area (Å²) in [5.74, 6) is 3.41. The third-order valence-corrected chi connectivity index (χ3v) is 5.28. The molecule has 13 heavy (non-hydrogen) atoms. The first-order valence-corrected chi connectivity index (χ1v) is 6.25. The van der Waals surface area contributed by atoms with E-state index in [1.54, 1.807) is 51.4 Å². The normalized spacial score (nSPS) is 54.7. The van der Waals surface area contributed by atoms with Crippen LogP contribution in [0.2, 0.25) is 0 Å². The molecule has 3 aliphatic rings. The molecule has 3 bridgehead atoms. The maximum atomic E-state index is 2.56. The molecular weight excluding hydrogens is 156 g/mol. The molecule has 0 spiro atoms. The molecule has 74 valence electrons. The van der Waals surface area contributed by atoms with Crippen molar-refractivity contribution in [1.29, 1.82) is 0 Å². The Morgan fingerprint density at radius 3 is 2.69 bits per heavy atom. The minimum atomic E-state index is 0.764. The zero-order valence-corrected chi connectivity index (χ0v) is 8.89. The van der Waals surface area contributed by atoms with Crippen molar-refractivity contribution in [3.63, 3.8) is 0 Å². The van der Waals surface area contributed by atoms with Crippen LogP contribution in [-0.4, -0.2) is 0 Å². The highest BCUT2D eigenvalue weighted by atomic mass is 14.5. The number of fused-ring (bicyclic) bond motifs is 2. The second kappa shape index (κ2) is 2.74. The van der Waals surface area contributed by atoms with Crippen molar-refractivity contribution in [3.05, 3.63) is 0 Å². The lowest BCUT2D eigenvalue weighted by Gasteiger charge is -2.43. The summed E-state index contributed by atoms with van der Waals surface area (Å²) in [6.45, 7) is 2.56. The van der Waals surface area contributed by atoms with Crippen molar-refractivity contribution >= 4 is 0 Å². The maximum Gasteiger partial charge on any atom is -0.0323 e. The zero-order valence-electron chi connectivity index (χ0n) is 8.89. The Balaban J connectivity index is 1.89. The van der Waals surface area contributed by atoms with Gasteiger partial charge in [0.15, 0.2) is 0 Å². The van der Waals surface area contributed by atoms with E-state index in [9.17, 15) is 0 Å². The minimum absolute atomic E-state index is 0.764. The van der Waals surface area contributed by atoms with E-state index in [-0.39, 0.29) is 0 Å². The van der Waals surface area contributed by atoms with Gasteiger partial charge < -0.3 is 0 Å². The van der Waals surface area contributed by atoms with E-state index in [1.165, 1.54) is 0 Å². The van der Waals surface area contributed by atoms with Crippen molar-refractivity contribution in [2.24, 2.45) is 23.2 Å². The standard InChI is InChI=1S/C13H22/c1-13-6-4-10-2-3-11(5-7-13)12(8-10)9-13/h10-12H,2-9H2,1H3. The zero-order chi connectivity index (χ0) is 8.89. The summed E-state index contributed by atoms with van der Waals surface area (Å²) in [5.41, 5.74) is 0.764. The first kappa shape index (κ1) is 8.32. The van der Waals surface area contributed by atoms with E-state index in [2.05, 4.69) is 6.92 Å². The van der Waals surface area contributed by atoms with Gasteiger partial charge in [-0.3, -0.25) is 0 Å². The Morgan fingerprint density at radius 1 is 0.923 bits per heavy atom. The quantitative estimate of drug-likeness (QED) is 0.526. The summed E-state index contributed by atoms with van der Waals surface area (Å²) in [6.07, 6.45) is 12.5. The summed E-state index contributed by atoms with van der Waals surface area (Å²) >= 11 is 0. The monoisotopic (exact) mass is 178 g/mol. The summed E-state index contributed by atoms with van der Waals surface area (Å²) in [6, 6.07) is 0. The second-order valence-corrected chi connectivity index (χ2v) is 6.29. The van der Waals surface area contributed by atoms with E-state index in [0.29, 0.717) is 0 Å². The van der Waals surface area contributed by atoms with Crippen LogP contribution in [0.5, 0.6) is 0 Å². The van der Waals surface area contributed by atoms with Crippen LogP contribution in [0.1, 0.15) is 58.3 Å². The van der Waals surface area contributed by atoms with Crippen molar-refractivity contribution in [2.45, 2.75) is 58.3 Å². The Labute approximate surface area is 82.1 Å². The van der Waals surface area contributed by atoms with Gasteiger partial charge in [0, 0.05) is 0 Å². The van der Waals surface area contributed by atoms with Crippen molar-refractivity contribution < 1.29 is 0 Å². The van der Waals surface area contributed by atoms with Crippen LogP contribution < -0.4 is 0 Å². The van der Waals surface area contributed by atoms with Crippen molar-refractivity contribution in [3.8, 4) is 0 Å². The van der Waals surface area contributed by atoms with Crippen LogP contribution in [0.4, 0.5) is 0 Å². The smallest absolute Gasteiger partial charge is 0.0323 e. The van der Waals surface area contributed by atoms with Gasteiger partial charge in [0.2, 0.25) is 0 Å². The van der Waals surface area contributed by atoms with Gasteiger partial charge in [0.1, 0.15) is 0 Å². The fourth-order valence-corrected chi connectivity index (χ4v) is 4.36. The summed E-state index contributed by atoms with van der Waals surface area (Å²) in [4.78, 5) is 0. The van der Waals surface area contributed by atoms with Gasteiger partial charge >= 0.3 is 0 Å². The third-order valence-electron chi connectivity index (χ3n) is 5.28. The van der Waals surface area contributed by atoms with Crippen LogP contribution in [-0.2, 0) is 0 Å². The molecule has 3 aliphatic carbocycles. The highest BCUT2D eigenvalue weighted by molar-refractivity contribution is 4.94. The van der Waals surface area contributed by atoms with E-state index in [1.807, 2.05) is 0 Å². The van der Waals surface area contributed by atoms with Crippen molar-refractivity contribution in [2.75, 3.05) is 0 Å². The number of hydrogen-bond acceptors (Lipinski definition) is 0. The van der Waals surface area contributed by atoms with Gasteiger partial charge in [-0.05, 0) is 68.1 Å². The average Bonchev–Trinajstić information content (AvgIpc) is 2.20. The molecule has 0 aliphatic heterocycles. The predicted molar refractivity (Wildman–Crippen MR) is 55.5 cm³/mol. The summed E-state index contributed by atoms with van der Waals surface area (Å²) in [7, 11) is 0. The molecule has 0 saturated heterocycles. The molecule has 0 aromatic carbocycles. The van der Waals surface area contributed by atoms with Crippen LogP contribution in [0, 0.1) is 23.2 Å². The SMILES string of the molecule is CC12CCC3CCC(CC1)C(C3)C2. The lowest BCUT2D eigenvalue weighted by Crippen LogP contribution is -2.32. The second-order valence-electron chi connectivity index (χ2n) is 6.29. The fraction of sp³-hybridized carbons (Fsp3) is 1.00. The highest BCUT2D eigenvalue weighted by Gasteiger charge is 2.43. The fourth-order valence-electron chi connectivity index (χ4n) is 4.36. The minimum Gasteiger partial charge on any atom is -0.0596 e. The molecule has 4 atom stereocenters. The van der Waals surface area contributed by atoms with E-state index < -0.39 is 0 Å². The Morgan fingerprint density at radius 2 is 1.77 bits per heavy atom. The van der Waals surface area contributed by atoms with Gasteiger partial charge in [0.05, 0.1) is 0 Å². The number of hydrogen-bond donors (Lipinski definition) is 0. The lowest BCUT2D eigenvalue weighted by atomic mass is 9.63. The van der Waals surface area contributed by atoms with Gasteiger partial charge in [0.25, 0.3) is 0 Å². The lowest BCUT2D eigenvalue weighted by molar-refractivity contribution is 0.0813. The molecule has 0 heterocycles. The molecule has 0 N–H and O–H groups in total. The molecule has 0 radical (unpaired) electrons. The molecule has 0 amide bonds. The summed E-state index contributed by atoms with van der Waals surface area (Å²) < 4.78 is 0. The molecule has 0 nitrogen and oxygen atoms in total. The first-order chi connectivity index (χ1) is 6.25. The largest absolute Gasteiger partial charge is 0.0596 e. The molecular formula is C13H22. The van der Waals surface area contributed by atoms with Crippen LogP contribution in [0.3, 0.4) is 0 Å². The maximum absolute atomic E-state index is 2.56. The van der Waals surface area contributed by atoms with Gasteiger partial charge in [-0.15, -0.1) is 0 Å². The predicted octanol–water partition coefficient (Wildman–Crippen LogP) is 4.00. The topological polar surface area (TPSA) is 0 Å². The Bertz CT molecular complexity index is 208. The van der Waals surface area contributed by atoms with E-state index in [4.69, 9.17) is 0 Å². The van der Waals surface area contributed by atoms with Crippen LogP contribution >= 0.6 is 0 Å². The van der Waals surface area contributed by atoms with Crippen molar-refractivity contribution in [1.82, 2.24) is 0 Å². The van der Waals surface area contributed by atoms with Crippen LogP contribution in [0.15, 0.2) is 0 Å². The summed E-state index contributed by atoms with van der Waals surface area (Å²) in [5, 5.41) is 0. The molecule has 4 unspecified atom stereocenters. The number of rotatable bonds is 0. The third kappa shape index (κ3) is 1.33. The first-order valence-electron chi connectivity index (χ1n) is 6.25. The molecule has 0 aromatic rings. The van der Waals surface area contributed by atoms with E-state index >= 15 is 0 Å². The molecule has 0 heteroatoms. The Hall–Kier alpha value is 0. The van der Waals surface area contributed by atoms with Gasteiger partial charge in [-0.1, -0.05) is 13.3 Å². The molecule has 0 aromatic heterocycles. The molecule has 3 rings (SSSR count).